The zero-order chi connectivity index (χ0) is 28.5. The molecule has 1 atom stereocenters. The maximum atomic E-state index is 13.6. The molecule has 40 heavy (non-hydrogen) atoms. The first kappa shape index (κ1) is 28.4. The minimum Gasteiger partial charge on any atom is -0.351 e. The highest BCUT2D eigenvalue weighted by molar-refractivity contribution is 5.92. The molecule has 2 N–H and O–H groups in total. The van der Waals surface area contributed by atoms with Gasteiger partial charge in [-0.3, -0.25) is 19.0 Å². The summed E-state index contributed by atoms with van der Waals surface area (Å²) in [6.07, 6.45) is 3.09. The van der Waals surface area contributed by atoms with Crippen molar-refractivity contribution in [2.75, 3.05) is 5.32 Å². The predicted molar refractivity (Wildman–Crippen MR) is 154 cm³/mol. The molecule has 206 valence electrons. The number of benzene rings is 3. The van der Waals surface area contributed by atoms with Crippen molar-refractivity contribution < 1.29 is 14.0 Å². The van der Waals surface area contributed by atoms with Crippen LogP contribution in [0.5, 0.6) is 0 Å². The monoisotopic (exact) mass is 540 g/mol. The normalized spacial score (nSPS) is 11.7. The van der Waals surface area contributed by atoms with Gasteiger partial charge in [0.15, 0.2) is 0 Å². The van der Waals surface area contributed by atoms with E-state index in [0.717, 1.165) is 11.1 Å². The third-order valence-electron chi connectivity index (χ3n) is 6.78. The summed E-state index contributed by atoms with van der Waals surface area (Å²) in [5.74, 6) is -1.22. The molecular formula is C32H33FN4O3. The Bertz CT molecular complexity index is 1450. The Balaban J connectivity index is 1.63. The number of carbonyl (C=O) groups excluding carboxylic acids is 2. The second-order valence-corrected chi connectivity index (χ2v) is 9.84. The SMILES string of the molecule is CC[C@@H](C)C(=O)Nc1cnc(-c2ccc(F)cc2)n(CC(=O)NC(Cc2ccccc2)Cc2ccccc2)c1=O. The summed E-state index contributed by atoms with van der Waals surface area (Å²) in [5, 5.41) is 5.73. The molecule has 3 aromatic carbocycles. The van der Waals surface area contributed by atoms with Crippen molar-refractivity contribution >= 4 is 17.5 Å². The van der Waals surface area contributed by atoms with Crippen LogP contribution in [0.1, 0.15) is 31.4 Å². The van der Waals surface area contributed by atoms with Crippen molar-refractivity contribution in [2.45, 2.75) is 45.7 Å². The highest BCUT2D eigenvalue weighted by Crippen LogP contribution is 2.18. The van der Waals surface area contributed by atoms with Gasteiger partial charge < -0.3 is 10.6 Å². The lowest BCUT2D eigenvalue weighted by Gasteiger charge is -2.21. The summed E-state index contributed by atoms with van der Waals surface area (Å²) < 4.78 is 14.8. The van der Waals surface area contributed by atoms with Crippen molar-refractivity contribution in [2.24, 2.45) is 5.92 Å². The van der Waals surface area contributed by atoms with E-state index < -0.39 is 11.4 Å². The molecular weight excluding hydrogens is 507 g/mol. The predicted octanol–water partition coefficient (Wildman–Crippen LogP) is 5.00. The van der Waals surface area contributed by atoms with E-state index in [4.69, 9.17) is 0 Å². The summed E-state index contributed by atoms with van der Waals surface area (Å²) in [4.78, 5) is 43.9. The molecule has 8 heteroatoms. The largest absolute Gasteiger partial charge is 0.351 e. The Morgan fingerprint density at radius 1 is 0.900 bits per heavy atom. The summed E-state index contributed by atoms with van der Waals surface area (Å²) in [5.41, 5.74) is 2.03. The zero-order valence-corrected chi connectivity index (χ0v) is 22.6. The van der Waals surface area contributed by atoms with Crippen LogP contribution >= 0.6 is 0 Å². The first-order valence-electron chi connectivity index (χ1n) is 13.4. The Hall–Kier alpha value is -4.59. The van der Waals surface area contributed by atoms with Crippen molar-refractivity contribution in [1.82, 2.24) is 14.9 Å². The molecule has 0 unspecified atom stereocenters. The molecule has 0 saturated carbocycles. The number of rotatable bonds is 11. The lowest BCUT2D eigenvalue weighted by atomic mass is 9.99. The molecule has 0 spiro atoms. The molecule has 4 aromatic rings. The summed E-state index contributed by atoms with van der Waals surface area (Å²) in [7, 11) is 0. The van der Waals surface area contributed by atoms with Crippen molar-refractivity contribution in [3.05, 3.63) is 118 Å². The van der Waals surface area contributed by atoms with Gasteiger partial charge in [0.05, 0.1) is 6.20 Å². The Labute approximate surface area is 233 Å². The Morgan fingerprint density at radius 3 is 2.02 bits per heavy atom. The van der Waals surface area contributed by atoms with Gasteiger partial charge in [0.2, 0.25) is 11.8 Å². The number of aromatic nitrogens is 2. The van der Waals surface area contributed by atoms with E-state index in [1.54, 1.807) is 6.92 Å². The number of anilines is 1. The van der Waals surface area contributed by atoms with Gasteiger partial charge >= 0.3 is 0 Å². The van der Waals surface area contributed by atoms with Gasteiger partial charge in [-0.2, -0.15) is 0 Å². The topological polar surface area (TPSA) is 93.1 Å². The number of halogens is 1. The van der Waals surface area contributed by atoms with Gasteiger partial charge in [-0.15, -0.1) is 0 Å². The molecule has 0 saturated heterocycles. The molecule has 2 amide bonds. The molecule has 0 bridgehead atoms. The number of amides is 2. The molecule has 0 aliphatic heterocycles. The fraction of sp³-hybridized carbons (Fsp3) is 0.250. The standard InChI is InChI=1S/C32H33FN4O3/c1-3-22(2)31(39)36-28-20-34-30(25-14-16-26(33)17-15-25)37(32(28)40)21-29(38)35-27(18-23-10-6-4-7-11-23)19-24-12-8-5-9-13-24/h4-17,20,22,27H,3,18-19,21H2,1-2H3,(H,35,38)(H,36,39)/t22-/m1/s1. The highest BCUT2D eigenvalue weighted by Gasteiger charge is 2.20. The first-order chi connectivity index (χ1) is 19.3. The number of hydrogen-bond acceptors (Lipinski definition) is 4. The molecule has 0 fully saturated rings. The third kappa shape index (κ3) is 7.50. The minimum absolute atomic E-state index is 0.0194. The van der Waals surface area contributed by atoms with E-state index in [1.165, 1.54) is 35.0 Å². The second kappa shape index (κ2) is 13.5. The average Bonchev–Trinajstić information content (AvgIpc) is 2.96. The maximum Gasteiger partial charge on any atom is 0.278 e. The average molecular weight is 541 g/mol. The quantitative estimate of drug-likeness (QED) is 0.280. The van der Waals surface area contributed by atoms with E-state index in [-0.39, 0.29) is 41.8 Å². The van der Waals surface area contributed by atoms with Gasteiger partial charge in [0, 0.05) is 17.5 Å². The number of hydrogen-bond donors (Lipinski definition) is 2. The van der Waals surface area contributed by atoms with Crippen LogP contribution in [0.4, 0.5) is 10.1 Å². The Morgan fingerprint density at radius 2 is 1.48 bits per heavy atom. The number of carbonyl (C=O) groups is 2. The van der Waals surface area contributed by atoms with Gasteiger partial charge in [0.25, 0.3) is 5.56 Å². The van der Waals surface area contributed by atoms with Crippen LogP contribution in [0.3, 0.4) is 0 Å². The van der Waals surface area contributed by atoms with E-state index in [0.29, 0.717) is 24.8 Å². The molecule has 1 heterocycles. The van der Waals surface area contributed by atoms with Crippen LogP contribution < -0.4 is 16.2 Å². The Kier molecular flexibility index (Phi) is 9.57. The summed E-state index contributed by atoms with van der Waals surface area (Å²) in [6, 6.07) is 25.0. The second-order valence-electron chi connectivity index (χ2n) is 9.84. The molecule has 4 rings (SSSR count). The van der Waals surface area contributed by atoms with Crippen LogP contribution in [-0.2, 0) is 29.0 Å². The lowest BCUT2D eigenvalue weighted by Crippen LogP contribution is -2.42. The van der Waals surface area contributed by atoms with Crippen molar-refractivity contribution in [1.29, 1.82) is 0 Å². The minimum atomic E-state index is -0.566. The van der Waals surface area contributed by atoms with Crippen molar-refractivity contribution in [3.8, 4) is 11.4 Å². The van der Waals surface area contributed by atoms with Crippen LogP contribution in [0.25, 0.3) is 11.4 Å². The first-order valence-corrected chi connectivity index (χ1v) is 13.4. The van der Waals surface area contributed by atoms with Crippen LogP contribution in [-0.4, -0.2) is 27.4 Å². The molecule has 1 aromatic heterocycles. The van der Waals surface area contributed by atoms with E-state index in [1.807, 2.05) is 67.6 Å². The maximum absolute atomic E-state index is 13.6. The van der Waals surface area contributed by atoms with Gasteiger partial charge in [0.1, 0.15) is 23.9 Å². The van der Waals surface area contributed by atoms with Crippen LogP contribution in [0.2, 0.25) is 0 Å². The molecule has 0 aliphatic rings. The lowest BCUT2D eigenvalue weighted by molar-refractivity contribution is -0.122. The van der Waals surface area contributed by atoms with Crippen LogP contribution in [0, 0.1) is 11.7 Å². The van der Waals surface area contributed by atoms with E-state index in [9.17, 15) is 18.8 Å². The number of nitrogens with one attached hydrogen (secondary N) is 2. The van der Waals surface area contributed by atoms with Gasteiger partial charge in [-0.05, 0) is 54.7 Å². The highest BCUT2D eigenvalue weighted by atomic mass is 19.1. The van der Waals surface area contributed by atoms with Gasteiger partial charge in [-0.1, -0.05) is 74.5 Å². The fourth-order valence-electron chi connectivity index (χ4n) is 4.38. The smallest absolute Gasteiger partial charge is 0.278 e. The molecule has 0 radical (unpaired) electrons. The number of nitrogens with zero attached hydrogens (tertiary/aromatic N) is 2. The summed E-state index contributed by atoms with van der Waals surface area (Å²) >= 11 is 0. The molecule has 0 aliphatic carbocycles. The van der Waals surface area contributed by atoms with Crippen LogP contribution in [0.15, 0.2) is 95.9 Å². The fourth-order valence-corrected chi connectivity index (χ4v) is 4.38. The summed E-state index contributed by atoms with van der Waals surface area (Å²) in [6.45, 7) is 3.32. The van der Waals surface area contributed by atoms with E-state index >= 15 is 0 Å². The molecule has 7 nitrogen and oxygen atoms in total. The van der Waals surface area contributed by atoms with Crippen molar-refractivity contribution in [3.63, 3.8) is 0 Å². The third-order valence-corrected chi connectivity index (χ3v) is 6.78. The zero-order valence-electron chi connectivity index (χ0n) is 22.6. The van der Waals surface area contributed by atoms with Gasteiger partial charge in [-0.25, -0.2) is 9.37 Å². The van der Waals surface area contributed by atoms with E-state index in [2.05, 4.69) is 15.6 Å².